The molecule has 1 atom stereocenters. The molecule has 7 heteroatoms. The number of allylic oxidation sites excluding steroid dienone is 3. The minimum absolute atomic E-state index is 0.0631. The zero-order valence-electron chi connectivity index (χ0n) is 16.5. The van der Waals surface area contributed by atoms with E-state index in [9.17, 15) is 14.9 Å². The van der Waals surface area contributed by atoms with E-state index < -0.39 is 5.92 Å². The van der Waals surface area contributed by atoms with E-state index in [-0.39, 0.29) is 33.8 Å². The average molecular weight is 391 g/mol. The number of carbonyl (C=O) groups is 1. The van der Waals surface area contributed by atoms with Crippen molar-refractivity contribution in [2.75, 3.05) is 7.11 Å². The Hall–Kier alpha value is -3.53. The molecule has 4 rings (SSSR count). The van der Waals surface area contributed by atoms with E-state index in [4.69, 9.17) is 15.2 Å². The van der Waals surface area contributed by atoms with Crippen LogP contribution in [0, 0.1) is 16.7 Å². The number of nitrogens with zero attached hydrogens (tertiary/aromatic N) is 1. The first-order chi connectivity index (χ1) is 13.7. The smallest absolute Gasteiger partial charge is 0.252 e. The van der Waals surface area contributed by atoms with Gasteiger partial charge >= 0.3 is 0 Å². The Morgan fingerprint density at radius 1 is 1.28 bits per heavy atom. The number of hydrogen-bond acceptors (Lipinski definition) is 6. The van der Waals surface area contributed by atoms with Crippen LogP contribution < -0.4 is 16.0 Å². The van der Waals surface area contributed by atoms with Gasteiger partial charge in [-0.25, -0.2) is 0 Å². The molecule has 1 aromatic heterocycles. The summed E-state index contributed by atoms with van der Waals surface area (Å²) >= 11 is 0. The molecule has 1 aromatic carbocycles. The molecule has 2 aromatic rings. The van der Waals surface area contributed by atoms with Gasteiger partial charge in [0.15, 0.2) is 5.78 Å². The first-order valence-electron chi connectivity index (χ1n) is 9.29. The largest absolute Gasteiger partial charge is 0.497 e. The van der Waals surface area contributed by atoms with Gasteiger partial charge < -0.3 is 20.2 Å². The molecule has 0 saturated carbocycles. The zero-order valence-corrected chi connectivity index (χ0v) is 16.5. The second-order valence-electron chi connectivity index (χ2n) is 8.21. The molecule has 0 radical (unpaired) electrons. The van der Waals surface area contributed by atoms with E-state index in [0.717, 1.165) is 5.39 Å². The molecule has 0 unspecified atom stereocenters. The number of hydrogen-bond donors (Lipinski definition) is 2. The summed E-state index contributed by atoms with van der Waals surface area (Å²) in [5.74, 6) is 0.0246. The second kappa shape index (κ2) is 6.52. The number of ketones is 1. The minimum atomic E-state index is -0.855. The number of H-pyrrole nitrogens is 1. The first kappa shape index (κ1) is 18.8. The van der Waals surface area contributed by atoms with E-state index in [1.54, 1.807) is 31.4 Å². The van der Waals surface area contributed by atoms with Gasteiger partial charge in [0, 0.05) is 34.9 Å². The van der Waals surface area contributed by atoms with E-state index >= 15 is 0 Å². The van der Waals surface area contributed by atoms with Crippen LogP contribution in [-0.4, -0.2) is 17.9 Å². The predicted molar refractivity (Wildman–Crippen MR) is 107 cm³/mol. The number of benzene rings is 1. The van der Waals surface area contributed by atoms with E-state index in [1.807, 2.05) is 19.9 Å². The number of rotatable bonds is 2. The maximum Gasteiger partial charge on any atom is 0.252 e. The number of Topliss-reactive ketones (excluding diaryl/α,β-unsaturated/α-hetero) is 1. The number of fused-ring (bicyclic) bond motifs is 1. The molecule has 148 valence electrons. The second-order valence-corrected chi connectivity index (χ2v) is 8.21. The molecule has 7 nitrogen and oxygen atoms in total. The Balaban J connectivity index is 1.97. The summed E-state index contributed by atoms with van der Waals surface area (Å²) in [7, 11) is 1.56. The van der Waals surface area contributed by atoms with Crippen molar-refractivity contribution < 1.29 is 14.3 Å². The van der Waals surface area contributed by atoms with Crippen molar-refractivity contribution in [2.24, 2.45) is 11.1 Å². The zero-order chi connectivity index (χ0) is 20.9. The van der Waals surface area contributed by atoms with Gasteiger partial charge in [0.1, 0.15) is 23.2 Å². The average Bonchev–Trinajstić information content (AvgIpc) is 2.65. The Bertz CT molecular complexity index is 1210. The lowest BCUT2D eigenvalue weighted by molar-refractivity contribution is -0.119. The molecule has 29 heavy (non-hydrogen) atoms. The van der Waals surface area contributed by atoms with E-state index in [0.29, 0.717) is 35.4 Å². The molecule has 1 aliphatic heterocycles. The van der Waals surface area contributed by atoms with Crippen LogP contribution in [0.1, 0.15) is 38.2 Å². The van der Waals surface area contributed by atoms with E-state index in [1.165, 1.54) is 0 Å². The third-order valence-electron chi connectivity index (χ3n) is 5.47. The normalized spacial score (nSPS) is 20.9. The Morgan fingerprint density at radius 3 is 2.72 bits per heavy atom. The number of ether oxygens (including phenoxy) is 2. The number of carbonyl (C=O) groups excluding carboxylic acids is 1. The van der Waals surface area contributed by atoms with Crippen molar-refractivity contribution in [3.05, 3.63) is 63.0 Å². The van der Waals surface area contributed by atoms with Crippen molar-refractivity contribution in [2.45, 2.75) is 32.6 Å². The highest BCUT2D eigenvalue weighted by Crippen LogP contribution is 2.47. The first-order valence-corrected chi connectivity index (χ1v) is 9.29. The topological polar surface area (TPSA) is 118 Å². The molecule has 0 amide bonds. The van der Waals surface area contributed by atoms with Crippen LogP contribution in [0.2, 0.25) is 0 Å². The van der Waals surface area contributed by atoms with Crippen LogP contribution in [0.5, 0.6) is 5.75 Å². The fourth-order valence-electron chi connectivity index (χ4n) is 4.14. The van der Waals surface area contributed by atoms with Gasteiger partial charge in [0.05, 0.1) is 13.0 Å². The van der Waals surface area contributed by atoms with Crippen molar-refractivity contribution in [1.29, 1.82) is 5.26 Å². The van der Waals surface area contributed by atoms with Crippen molar-refractivity contribution >= 4 is 16.7 Å². The molecule has 0 saturated heterocycles. The molecular weight excluding hydrogens is 370 g/mol. The summed E-state index contributed by atoms with van der Waals surface area (Å²) in [5, 5.41) is 10.5. The van der Waals surface area contributed by atoms with Crippen LogP contribution in [0.3, 0.4) is 0 Å². The fraction of sp³-hybridized carbons (Fsp3) is 0.318. The summed E-state index contributed by atoms with van der Waals surface area (Å²) in [4.78, 5) is 28.8. The van der Waals surface area contributed by atoms with Crippen molar-refractivity contribution in [1.82, 2.24) is 4.98 Å². The van der Waals surface area contributed by atoms with Crippen LogP contribution in [0.15, 0.2) is 51.8 Å². The molecule has 0 spiro atoms. The minimum Gasteiger partial charge on any atom is -0.497 e. The van der Waals surface area contributed by atoms with Crippen LogP contribution in [0.25, 0.3) is 10.9 Å². The Morgan fingerprint density at radius 2 is 2.03 bits per heavy atom. The monoisotopic (exact) mass is 391 g/mol. The maximum atomic E-state index is 13.0. The third-order valence-corrected chi connectivity index (χ3v) is 5.47. The molecule has 0 bridgehead atoms. The summed E-state index contributed by atoms with van der Waals surface area (Å²) in [5.41, 5.74) is 6.71. The van der Waals surface area contributed by atoms with Gasteiger partial charge in [-0.05, 0) is 29.7 Å². The quantitative estimate of drug-likeness (QED) is 0.812. The highest BCUT2D eigenvalue weighted by atomic mass is 16.5. The molecule has 2 aliphatic rings. The Kier molecular flexibility index (Phi) is 4.23. The highest BCUT2D eigenvalue weighted by Gasteiger charge is 2.43. The number of methoxy groups -OCH3 is 1. The number of nitrogens with one attached hydrogen (secondary N) is 1. The lowest BCUT2D eigenvalue weighted by atomic mass is 9.70. The summed E-state index contributed by atoms with van der Waals surface area (Å²) < 4.78 is 10.9. The maximum absolute atomic E-state index is 13.0. The molecule has 3 N–H and O–H groups in total. The number of aromatic amines is 1. The van der Waals surface area contributed by atoms with Gasteiger partial charge in [-0.3, -0.25) is 9.59 Å². The number of nitrogens with two attached hydrogens (primary N) is 1. The van der Waals surface area contributed by atoms with Gasteiger partial charge in [-0.15, -0.1) is 0 Å². The number of aromatic nitrogens is 1. The van der Waals surface area contributed by atoms with Crippen molar-refractivity contribution in [3.8, 4) is 11.8 Å². The molecular formula is C22H21N3O4. The van der Waals surface area contributed by atoms with Crippen LogP contribution in [-0.2, 0) is 9.53 Å². The van der Waals surface area contributed by atoms with Crippen LogP contribution in [0.4, 0.5) is 0 Å². The summed E-state index contributed by atoms with van der Waals surface area (Å²) in [6.45, 7) is 3.95. The third kappa shape index (κ3) is 3.07. The van der Waals surface area contributed by atoms with Gasteiger partial charge in [0.25, 0.3) is 5.56 Å². The number of pyridine rings is 1. The Labute approximate surface area is 167 Å². The SMILES string of the molecule is COc1ccc2[nH]c(=O)c([C@@H]3C(C#N)=C(N)OC4=C3C(=O)CC(C)(C)C4)cc2c1. The predicted octanol–water partition coefficient (Wildman–Crippen LogP) is 2.99. The van der Waals surface area contributed by atoms with Gasteiger partial charge in [0.2, 0.25) is 5.88 Å². The van der Waals surface area contributed by atoms with Crippen LogP contribution >= 0.6 is 0 Å². The molecule has 2 heterocycles. The van der Waals surface area contributed by atoms with Gasteiger partial charge in [-0.2, -0.15) is 5.26 Å². The number of nitriles is 1. The summed E-state index contributed by atoms with van der Waals surface area (Å²) in [6.07, 6.45) is 0.812. The van der Waals surface area contributed by atoms with Gasteiger partial charge in [-0.1, -0.05) is 13.8 Å². The summed E-state index contributed by atoms with van der Waals surface area (Å²) in [6, 6.07) is 9.01. The fourth-order valence-corrected chi connectivity index (χ4v) is 4.14. The molecule has 0 fully saturated rings. The standard InChI is InChI=1S/C22H21N3O4/c1-22(2)8-16(26)19-17(9-22)29-20(24)14(10-23)18(19)13-7-11-6-12(28-3)4-5-15(11)25-21(13)27/h4-7,18H,8-9,24H2,1-3H3,(H,25,27)/t18-/m1/s1. The van der Waals surface area contributed by atoms with Crippen molar-refractivity contribution in [3.63, 3.8) is 0 Å². The molecule has 1 aliphatic carbocycles. The lowest BCUT2D eigenvalue weighted by Crippen LogP contribution is -2.35. The van der Waals surface area contributed by atoms with E-state index in [2.05, 4.69) is 4.98 Å². The lowest BCUT2D eigenvalue weighted by Gasteiger charge is -2.37. The highest BCUT2D eigenvalue weighted by molar-refractivity contribution is 6.00.